The number of rotatable bonds is 5. The average molecular weight is 510 g/mol. The number of hydrogen-bond acceptors (Lipinski definition) is 8. The second-order valence-corrected chi connectivity index (χ2v) is 9.86. The van der Waals surface area contributed by atoms with E-state index < -0.39 is 0 Å². The standard InChI is InChI=1S/C11H11N3O.C9H11NO2.C5H8O.C3H9N/c1-8-9(6-12)5-10(7-13-8)14-4-2-3-11(14)15;11-8-3-4-9(10-5-8)12-6-7-1-2-7;6-4-5-2-1-3-5;1-4(2)3/h5,7H,2-4H2,1H3;3-5,7,11H,1-2,6H2;4-5H,1-3H2;1-3H3. The number of nitrogens with zero attached hydrogens (tertiary/aromatic N) is 5. The van der Waals surface area contributed by atoms with Gasteiger partial charge in [-0.15, -0.1) is 0 Å². The van der Waals surface area contributed by atoms with Gasteiger partial charge in [0.25, 0.3) is 0 Å². The third-order valence-corrected chi connectivity index (χ3v) is 5.80. The Kier molecular flexibility index (Phi) is 12.5. The number of aromatic hydroxyl groups is 1. The molecule has 3 fully saturated rings. The molecular formula is C28H39N5O4. The van der Waals surface area contributed by atoms with Crippen LogP contribution in [0.4, 0.5) is 5.69 Å². The van der Waals surface area contributed by atoms with Crippen LogP contribution in [0, 0.1) is 30.1 Å². The highest BCUT2D eigenvalue weighted by Crippen LogP contribution is 2.29. The molecule has 0 spiro atoms. The Morgan fingerprint density at radius 1 is 1.16 bits per heavy atom. The number of carbonyl (C=O) groups excluding carboxylic acids is 2. The second-order valence-electron chi connectivity index (χ2n) is 9.86. The van der Waals surface area contributed by atoms with E-state index in [1.807, 2.05) is 26.0 Å². The molecule has 3 heterocycles. The number of aldehydes is 1. The first-order valence-corrected chi connectivity index (χ1v) is 12.7. The Morgan fingerprint density at radius 3 is 2.30 bits per heavy atom. The van der Waals surface area contributed by atoms with Crippen molar-refractivity contribution >= 4 is 17.9 Å². The Bertz CT molecular complexity index is 1030. The maximum absolute atomic E-state index is 11.5. The summed E-state index contributed by atoms with van der Waals surface area (Å²) in [6.45, 7) is 3.28. The zero-order valence-corrected chi connectivity index (χ0v) is 22.4. The molecule has 0 unspecified atom stereocenters. The lowest BCUT2D eigenvalue weighted by atomic mass is 9.87. The first kappa shape index (κ1) is 29.7. The molecule has 2 aromatic rings. The zero-order chi connectivity index (χ0) is 27.2. The Hall–Kier alpha value is -3.51. The molecular weight excluding hydrogens is 470 g/mol. The van der Waals surface area contributed by atoms with E-state index in [2.05, 4.69) is 16.0 Å². The normalized spacial score (nSPS) is 16.1. The molecule has 0 radical (unpaired) electrons. The lowest BCUT2D eigenvalue weighted by molar-refractivity contribution is -0.117. The van der Waals surface area contributed by atoms with Gasteiger partial charge in [-0.3, -0.25) is 9.78 Å². The van der Waals surface area contributed by atoms with E-state index in [-0.39, 0.29) is 11.7 Å². The van der Waals surface area contributed by atoms with Gasteiger partial charge < -0.3 is 24.4 Å². The van der Waals surface area contributed by atoms with Crippen molar-refractivity contribution in [3.63, 3.8) is 0 Å². The van der Waals surface area contributed by atoms with Crippen molar-refractivity contribution in [3.8, 4) is 17.7 Å². The van der Waals surface area contributed by atoms with E-state index >= 15 is 0 Å². The summed E-state index contributed by atoms with van der Waals surface area (Å²) in [5, 5.41) is 17.8. The molecule has 2 aliphatic carbocycles. The minimum Gasteiger partial charge on any atom is -0.506 e. The molecule has 1 amide bonds. The fraction of sp³-hybridized carbons (Fsp3) is 0.536. The lowest BCUT2D eigenvalue weighted by Crippen LogP contribution is -2.23. The Balaban J connectivity index is 0.000000194. The molecule has 9 nitrogen and oxygen atoms in total. The highest BCUT2D eigenvalue weighted by molar-refractivity contribution is 5.95. The van der Waals surface area contributed by atoms with Crippen molar-refractivity contribution in [3.05, 3.63) is 41.9 Å². The van der Waals surface area contributed by atoms with Crippen molar-refractivity contribution in [2.75, 3.05) is 39.2 Å². The van der Waals surface area contributed by atoms with E-state index in [1.165, 1.54) is 25.5 Å². The summed E-state index contributed by atoms with van der Waals surface area (Å²) >= 11 is 0. The number of ether oxygens (including phenoxy) is 1. The molecule has 2 aromatic heterocycles. The fourth-order valence-corrected chi connectivity index (χ4v) is 3.23. The summed E-state index contributed by atoms with van der Waals surface area (Å²) in [4.78, 5) is 33.0. The Labute approximate surface area is 220 Å². The summed E-state index contributed by atoms with van der Waals surface area (Å²) in [6, 6.07) is 7.06. The number of anilines is 1. The van der Waals surface area contributed by atoms with Crippen LogP contribution < -0.4 is 9.64 Å². The molecule has 5 rings (SSSR count). The van der Waals surface area contributed by atoms with Crippen LogP contribution in [0.2, 0.25) is 0 Å². The monoisotopic (exact) mass is 509 g/mol. The van der Waals surface area contributed by atoms with Crippen molar-refractivity contribution in [2.24, 2.45) is 11.8 Å². The molecule has 3 aliphatic rings. The van der Waals surface area contributed by atoms with E-state index in [1.54, 1.807) is 36.2 Å². The topological polar surface area (TPSA) is 120 Å². The first-order chi connectivity index (χ1) is 17.7. The lowest BCUT2D eigenvalue weighted by Gasteiger charge is -2.17. The molecule has 0 aromatic carbocycles. The van der Waals surface area contributed by atoms with E-state index in [0.717, 1.165) is 50.3 Å². The van der Waals surface area contributed by atoms with E-state index in [0.29, 0.717) is 29.5 Å². The number of amides is 1. The van der Waals surface area contributed by atoms with Gasteiger partial charge in [-0.1, -0.05) is 6.42 Å². The smallest absolute Gasteiger partial charge is 0.227 e. The molecule has 1 aliphatic heterocycles. The molecule has 1 N–H and O–H groups in total. The van der Waals surface area contributed by atoms with Crippen molar-refractivity contribution in [1.29, 1.82) is 5.26 Å². The van der Waals surface area contributed by atoms with Crippen LogP contribution in [-0.2, 0) is 9.59 Å². The van der Waals surface area contributed by atoms with Crippen LogP contribution in [0.25, 0.3) is 0 Å². The highest BCUT2D eigenvalue weighted by Gasteiger charge is 2.23. The number of aromatic nitrogens is 2. The van der Waals surface area contributed by atoms with Gasteiger partial charge in [0.05, 0.1) is 35.9 Å². The molecule has 2 saturated carbocycles. The van der Waals surface area contributed by atoms with Gasteiger partial charge in [-0.2, -0.15) is 5.26 Å². The molecule has 9 heteroatoms. The summed E-state index contributed by atoms with van der Waals surface area (Å²) < 4.78 is 5.36. The minimum absolute atomic E-state index is 0.115. The predicted molar refractivity (Wildman–Crippen MR) is 142 cm³/mol. The number of pyridine rings is 2. The average Bonchev–Trinajstić information content (AvgIpc) is 3.57. The number of aryl methyl sites for hydroxylation is 1. The van der Waals surface area contributed by atoms with Crippen molar-refractivity contribution < 1.29 is 19.4 Å². The van der Waals surface area contributed by atoms with Crippen LogP contribution in [0.1, 0.15) is 56.2 Å². The van der Waals surface area contributed by atoms with Gasteiger partial charge in [-0.05, 0) is 78.2 Å². The predicted octanol–water partition coefficient (Wildman–Crippen LogP) is 4.13. The van der Waals surface area contributed by atoms with Gasteiger partial charge >= 0.3 is 0 Å². The minimum atomic E-state index is 0.115. The van der Waals surface area contributed by atoms with Crippen LogP contribution in [0.3, 0.4) is 0 Å². The third-order valence-electron chi connectivity index (χ3n) is 5.80. The van der Waals surface area contributed by atoms with E-state index in [9.17, 15) is 9.59 Å². The molecule has 37 heavy (non-hydrogen) atoms. The fourth-order valence-electron chi connectivity index (χ4n) is 3.23. The SMILES string of the molecule is CN(C)C.Cc1ncc(N2CCCC2=O)cc1C#N.O=CC1CCC1.Oc1ccc(OCC2CC2)nc1. The van der Waals surface area contributed by atoms with Crippen molar-refractivity contribution in [1.82, 2.24) is 14.9 Å². The number of carbonyl (C=O) groups is 2. The molecule has 200 valence electrons. The van der Waals surface area contributed by atoms with Gasteiger partial charge in [-0.25, -0.2) is 4.98 Å². The maximum Gasteiger partial charge on any atom is 0.227 e. The van der Waals surface area contributed by atoms with Gasteiger partial charge in [0.15, 0.2) is 0 Å². The largest absolute Gasteiger partial charge is 0.506 e. The number of nitriles is 1. The quantitative estimate of drug-likeness (QED) is 0.598. The highest BCUT2D eigenvalue weighted by atomic mass is 16.5. The van der Waals surface area contributed by atoms with Crippen LogP contribution in [0.5, 0.6) is 11.6 Å². The third kappa shape index (κ3) is 11.4. The van der Waals surface area contributed by atoms with Crippen LogP contribution >= 0.6 is 0 Å². The molecule has 0 bridgehead atoms. The van der Waals surface area contributed by atoms with E-state index in [4.69, 9.17) is 15.1 Å². The number of hydrogen-bond donors (Lipinski definition) is 1. The maximum atomic E-state index is 11.5. The summed E-state index contributed by atoms with van der Waals surface area (Å²) in [5.74, 6) is 2.06. The second kappa shape index (κ2) is 15.6. The summed E-state index contributed by atoms with van der Waals surface area (Å²) in [5.41, 5.74) is 1.97. The van der Waals surface area contributed by atoms with Crippen molar-refractivity contribution in [2.45, 2.75) is 51.9 Å². The summed E-state index contributed by atoms with van der Waals surface area (Å²) in [6.07, 6.45) is 11.7. The molecule has 1 saturated heterocycles. The summed E-state index contributed by atoms with van der Waals surface area (Å²) in [7, 11) is 6.00. The zero-order valence-electron chi connectivity index (χ0n) is 22.4. The van der Waals surface area contributed by atoms with Gasteiger partial charge in [0.1, 0.15) is 18.1 Å². The van der Waals surface area contributed by atoms with Gasteiger partial charge in [0, 0.05) is 24.9 Å². The molecule has 0 atom stereocenters. The van der Waals surface area contributed by atoms with Crippen LogP contribution in [0.15, 0.2) is 30.6 Å². The Morgan fingerprint density at radius 2 is 1.86 bits per heavy atom. The van der Waals surface area contributed by atoms with Gasteiger partial charge in [0.2, 0.25) is 11.8 Å². The van der Waals surface area contributed by atoms with Crippen LogP contribution in [-0.4, -0.2) is 66.5 Å². The first-order valence-electron chi connectivity index (χ1n) is 12.7.